The molecule has 1 heterocycles. The van der Waals surface area contributed by atoms with Crippen LogP contribution in [0.5, 0.6) is 0 Å². The summed E-state index contributed by atoms with van der Waals surface area (Å²) in [6, 6.07) is 17.3. The van der Waals surface area contributed by atoms with Crippen molar-refractivity contribution < 1.29 is 9.59 Å². The molecule has 0 unspecified atom stereocenters. The van der Waals surface area contributed by atoms with Crippen molar-refractivity contribution in [3.63, 3.8) is 0 Å². The predicted molar refractivity (Wildman–Crippen MR) is 111 cm³/mol. The third-order valence-corrected chi connectivity index (χ3v) is 5.76. The number of rotatable bonds is 5. The van der Waals surface area contributed by atoms with Crippen LogP contribution >= 0.6 is 11.8 Å². The molecule has 27 heavy (non-hydrogen) atoms. The van der Waals surface area contributed by atoms with Gasteiger partial charge in [0.2, 0.25) is 5.91 Å². The first kappa shape index (κ1) is 19.5. The lowest BCUT2D eigenvalue weighted by atomic mass is 9.95. The number of carbonyl (C=O) groups is 2. The second kappa shape index (κ2) is 9.09. The second-order valence-corrected chi connectivity index (χ2v) is 8.70. The van der Waals surface area contributed by atoms with Crippen molar-refractivity contribution in [2.24, 2.45) is 5.92 Å². The van der Waals surface area contributed by atoms with Crippen molar-refractivity contribution in [3.8, 4) is 0 Å². The minimum atomic E-state index is -0.0467. The number of hydrogen-bond acceptors (Lipinski definition) is 3. The first-order chi connectivity index (χ1) is 13.0. The van der Waals surface area contributed by atoms with Crippen LogP contribution in [0.4, 0.5) is 5.69 Å². The zero-order valence-corrected chi connectivity index (χ0v) is 16.7. The topological polar surface area (TPSA) is 49.4 Å². The van der Waals surface area contributed by atoms with Gasteiger partial charge in [0.25, 0.3) is 5.91 Å². The van der Waals surface area contributed by atoms with Crippen LogP contribution in [0.2, 0.25) is 0 Å². The lowest BCUT2D eigenvalue weighted by Crippen LogP contribution is -2.41. The van der Waals surface area contributed by atoms with Crippen LogP contribution in [0.15, 0.2) is 59.5 Å². The Labute approximate surface area is 165 Å². The third-order valence-electron chi connectivity index (χ3n) is 4.67. The Kier molecular flexibility index (Phi) is 6.56. The lowest BCUT2D eigenvalue weighted by molar-refractivity contribution is -0.121. The quantitative estimate of drug-likeness (QED) is 0.764. The van der Waals surface area contributed by atoms with Crippen LogP contribution in [0.25, 0.3) is 0 Å². The van der Waals surface area contributed by atoms with Crippen molar-refractivity contribution in [1.29, 1.82) is 0 Å². The molecule has 0 saturated carbocycles. The smallest absolute Gasteiger partial charge is 0.254 e. The van der Waals surface area contributed by atoms with Gasteiger partial charge in [-0.1, -0.05) is 44.2 Å². The van der Waals surface area contributed by atoms with Crippen molar-refractivity contribution in [2.45, 2.75) is 36.8 Å². The van der Waals surface area contributed by atoms with Gasteiger partial charge < -0.3 is 10.2 Å². The number of amides is 2. The molecule has 1 saturated heterocycles. The van der Waals surface area contributed by atoms with Crippen LogP contribution in [-0.2, 0) is 4.79 Å². The van der Waals surface area contributed by atoms with Gasteiger partial charge in [0.05, 0.1) is 5.56 Å². The summed E-state index contributed by atoms with van der Waals surface area (Å²) in [6.45, 7) is 5.49. The maximum absolute atomic E-state index is 13.0. The minimum absolute atomic E-state index is 0.0454. The number of thioether (sulfide) groups is 1. The molecule has 1 aliphatic heterocycles. The fraction of sp³-hybridized carbons (Fsp3) is 0.364. The van der Waals surface area contributed by atoms with Crippen molar-refractivity contribution in [2.75, 3.05) is 18.4 Å². The summed E-state index contributed by atoms with van der Waals surface area (Å²) in [6.07, 6.45) is 1.40. The molecular formula is C22H26N2O2S. The standard InChI is InChI=1S/C22H26N2O2S/c1-16(2)27-20-11-7-6-10-19(20)22(26)24-14-12-17(13-15-24)21(25)23-18-8-4-3-5-9-18/h3-11,16-17H,12-15H2,1-2H3,(H,23,25). The van der Waals surface area contributed by atoms with Crippen LogP contribution < -0.4 is 5.32 Å². The molecule has 142 valence electrons. The van der Waals surface area contributed by atoms with Gasteiger partial charge in [-0.2, -0.15) is 0 Å². The molecule has 2 amide bonds. The molecule has 0 radical (unpaired) electrons. The highest BCUT2D eigenvalue weighted by molar-refractivity contribution is 8.00. The average Bonchev–Trinajstić information content (AvgIpc) is 2.68. The van der Waals surface area contributed by atoms with Crippen molar-refractivity contribution in [1.82, 2.24) is 4.90 Å². The summed E-state index contributed by atoms with van der Waals surface area (Å²) in [7, 11) is 0. The monoisotopic (exact) mass is 382 g/mol. The molecule has 0 aliphatic carbocycles. The maximum Gasteiger partial charge on any atom is 0.254 e. The number of para-hydroxylation sites is 1. The highest BCUT2D eigenvalue weighted by atomic mass is 32.2. The van der Waals surface area contributed by atoms with E-state index in [9.17, 15) is 9.59 Å². The van der Waals surface area contributed by atoms with Gasteiger partial charge in [0, 0.05) is 34.8 Å². The molecule has 2 aromatic carbocycles. The molecule has 0 atom stereocenters. The number of piperidine rings is 1. The Balaban J connectivity index is 1.59. The summed E-state index contributed by atoms with van der Waals surface area (Å²) in [5.41, 5.74) is 1.59. The van der Waals surface area contributed by atoms with Crippen LogP contribution in [0.1, 0.15) is 37.0 Å². The lowest BCUT2D eigenvalue weighted by Gasteiger charge is -2.32. The SMILES string of the molecule is CC(C)Sc1ccccc1C(=O)N1CCC(C(=O)Nc2ccccc2)CC1. The molecule has 4 nitrogen and oxygen atoms in total. The van der Waals surface area contributed by atoms with Crippen LogP contribution in [0, 0.1) is 5.92 Å². The number of likely N-dealkylation sites (tertiary alicyclic amines) is 1. The van der Waals surface area contributed by atoms with E-state index in [4.69, 9.17) is 0 Å². The van der Waals surface area contributed by atoms with Gasteiger partial charge in [-0.25, -0.2) is 0 Å². The van der Waals surface area contributed by atoms with E-state index in [0.29, 0.717) is 31.2 Å². The van der Waals surface area contributed by atoms with E-state index in [0.717, 1.165) is 16.1 Å². The van der Waals surface area contributed by atoms with Gasteiger partial charge in [0.15, 0.2) is 0 Å². The summed E-state index contributed by atoms with van der Waals surface area (Å²) in [5.74, 6) is 0.0688. The van der Waals surface area contributed by atoms with Gasteiger partial charge in [0.1, 0.15) is 0 Å². The van der Waals surface area contributed by atoms with Crippen LogP contribution in [-0.4, -0.2) is 35.1 Å². The van der Waals surface area contributed by atoms with E-state index in [2.05, 4.69) is 19.2 Å². The minimum Gasteiger partial charge on any atom is -0.339 e. The zero-order chi connectivity index (χ0) is 19.2. The maximum atomic E-state index is 13.0. The molecule has 5 heteroatoms. The Morgan fingerprint density at radius 3 is 2.30 bits per heavy atom. The zero-order valence-electron chi connectivity index (χ0n) is 15.9. The summed E-state index contributed by atoms with van der Waals surface area (Å²) < 4.78 is 0. The van der Waals surface area contributed by atoms with E-state index in [-0.39, 0.29) is 17.7 Å². The van der Waals surface area contributed by atoms with Gasteiger partial charge in [-0.3, -0.25) is 9.59 Å². The Bertz CT molecular complexity index is 784. The number of carbonyl (C=O) groups excluding carboxylic acids is 2. The first-order valence-corrected chi connectivity index (χ1v) is 10.3. The summed E-state index contributed by atoms with van der Waals surface area (Å²) >= 11 is 1.71. The number of anilines is 1. The van der Waals surface area contributed by atoms with Gasteiger partial charge in [-0.05, 0) is 37.1 Å². The third kappa shape index (κ3) is 5.13. The largest absolute Gasteiger partial charge is 0.339 e. The average molecular weight is 383 g/mol. The molecule has 2 aromatic rings. The van der Waals surface area contributed by atoms with Crippen LogP contribution in [0.3, 0.4) is 0 Å². The molecular weight excluding hydrogens is 356 g/mol. The normalized spacial score (nSPS) is 15.0. The Morgan fingerprint density at radius 2 is 1.63 bits per heavy atom. The fourth-order valence-corrected chi connectivity index (χ4v) is 4.23. The van der Waals surface area contributed by atoms with Crippen molar-refractivity contribution >= 4 is 29.3 Å². The molecule has 1 aliphatic rings. The van der Waals surface area contributed by atoms with Gasteiger partial charge in [-0.15, -0.1) is 11.8 Å². The number of hydrogen-bond donors (Lipinski definition) is 1. The highest BCUT2D eigenvalue weighted by Gasteiger charge is 2.28. The molecule has 0 aromatic heterocycles. The number of nitrogens with zero attached hydrogens (tertiary/aromatic N) is 1. The number of benzene rings is 2. The predicted octanol–water partition coefficient (Wildman–Crippen LogP) is 4.68. The van der Waals surface area contributed by atoms with Gasteiger partial charge >= 0.3 is 0 Å². The highest BCUT2D eigenvalue weighted by Crippen LogP contribution is 2.29. The molecule has 3 rings (SSSR count). The second-order valence-electron chi connectivity index (χ2n) is 7.08. The Morgan fingerprint density at radius 1 is 1.00 bits per heavy atom. The van der Waals surface area contributed by atoms with E-state index >= 15 is 0 Å². The summed E-state index contributed by atoms with van der Waals surface area (Å²) in [4.78, 5) is 28.4. The summed E-state index contributed by atoms with van der Waals surface area (Å²) in [5, 5.41) is 3.39. The molecule has 1 fully saturated rings. The van der Waals surface area contributed by atoms with E-state index < -0.39 is 0 Å². The van der Waals surface area contributed by atoms with E-state index in [1.165, 1.54) is 0 Å². The van der Waals surface area contributed by atoms with E-state index in [1.807, 2.05) is 59.5 Å². The Hall–Kier alpha value is -2.27. The first-order valence-electron chi connectivity index (χ1n) is 9.45. The fourth-order valence-electron chi connectivity index (χ4n) is 3.28. The molecule has 0 bridgehead atoms. The van der Waals surface area contributed by atoms with E-state index in [1.54, 1.807) is 11.8 Å². The number of nitrogens with one attached hydrogen (secondary N) is 1. The molecule has 0 spiro atoms. The van der Waals surface area contributed by atoms with Crippen molar-refractivity contribution in [3.05, 3.63) is 60.2 Å². The molecule has 1 N–H and O–H groups in total.